The van der Waals surface area contributed by atoms with Crippen molar-refractivity contribution in [3.63, 3.8) is 0 Å². The van der Waals surface area contributed by atoms with Crippen molar-refractivity contribution >= 4 is 8.07 Å². The van der Waals surface area contributed by atoms with Gasteiger partial charge in [0.2, 0.25) is 0 Å². The molecule has 0 radical (unpaired) electrons. The van der Waals surface area contributed by atoms with E-state index < -0.39 is 49.5 Å². The van der Waals surface area contributed by atoms with E-state index >= 15 is 0 Å². The lowest BCUT2D eigenvalue weighted by Crippen LogP contribution is -2.78. The predicted octanol–water partition coefficient (Wildman–Crippen LogP) is -0.837. The van der Waals surface area contributed by atoms with Gasteiger partial charge in [-0.25, -0.2) is 0 Å². The minimum atomic E-state index is -2.85. The number of ether oxygens (including phenoxy) is 1. The van der Waals surface area contributed by atoms with Crippen molar-refractivity contribution in [3.8, 4) is 0 Å². The van der Waals surface area contributed by atoms with Crippen molar-refractivity contribution in [3.05, 3.63) is 0 Å². The molecule has 1 aliphatic heterocycles. The van der Waals surface area contributed by atoms with Gasteiger partial charge in [-0.05, 0) is 5.04 Å². The Balaban J connectivity index is 3.30. The Morgan fingerprint density at radius 2 is 1.89 bits per heavy atom. The Kier molecular flexibility index (Phi) is 4.10. The molecular formula is C12H27NO5Si. The summed E-state index contributed by atoms with van der Waals surface area (Å²) in [5.74, 6) is 0. The van der Waals surface area contributed by atoms with Crippen LogP contribution >= 0.6 is 0 Å². The van der Waals surface area contributed by atoms with Crippen molar-refractivity contribution in [2.24, 2.45) is 5.73 Å². The number of hydrogen-bond acceptors (Lipinski definition) is 6. The van der Waals surface area contributed by atoms with E-state index in [-0.39, 0.29) is 6.52 Å². The summed E-state index contributed by atoms with van der Waals surface area (Å²) in [6.45, 7) is 6.88. The van der Waals surface area contributed by atoms with Crippen LogP contribution < -0.4 is 5.73 Å². The molecule has 1 fully saturated rings. The molecule has 0 aliphatic carbocycles. The monoisotopic (exact) mass is 294 g/mol. The number of nitrogens with two attached hydrogens (primary N) is 1. The molecule has 6 nitrogen and oxygen atoms in total. The van der Waals surface area contributed by atoms with Crippen molar-refractivity contribution < 1.29 is 26.5 Å². The summed E-state index contributed by atoms with van der Waals surface area (Å²) in [4.78, 5) is 0. The van der Waals surface area contributed by atoms with Crippen LogP contribution in [0.4, 0.5) is 0 Å². The summed E-state index contributed by atoms with van der Waals surface area (Å²) in [5, 5.41) is 39.7. The van der Waals surface area contributed by atoms with Gasteiger partial charge in [0.15, 0.2) is 5.41 Å². The van der Waals surface area contributed by atoms with Gasteiger partial charge in [0, 0.05) is 1.37 Å². The minimum absolute atomic E-state index is 0.0539. The molecule has 1 saturated heterocycles. The molecule has 1 aliphatic rings. The normalized spacial score (nSPS) is 44.6. The second kappa shape index (κ2) is 5.07. The Bertz CT molecular complexity index is 353. The van der Waals surface area contributed by atoms with Gasteiger partial charge in [0.05, 0.1) is 12.6 Å². The lowest BCUT2D eigenvalue weighted by Gasteiger charge is -2.56. The van der Waals surface area contributed by atoms with Gasteiger partial charge in [0.1, 0.15) is 26.4 Å². The van der Waals surface area contributed by atoms with Gasteiger partial charge < -0.3 is 30.9 Å². The summed E-state index contributed by atoms with van der Waals surface area (Å²) in [5.41, 5.74) is 4.02. The molecular weight excluding hydrogens is 266 g/mol. The lowest BCUT2D eigenvalue weighted by molar-refractivity contribution is -0.279. The standard InChI is InChI=1S/C12H27NO5Si/c1-11(2,3)19(4,5)12(17)10(13)9(16)8(15)7(6-14)18-12/h7-10,14-17H,6,13H2,1-5H3/t7-,8-,9+,10-,12?/m1/s1/i4D/t7-,8-,9+,10-,12?,19?. The molecule has 0 amide bonds. The fourth-order valence-electron chi connectivity index (χ4n) is 2.22. The van der Waals surface area contributed by atoms with Gasteiger partial charge in [-0.15, -0.1) is 0 Å². The van der Waals surface area contributed by atoms with Crippen LogP contribution in [0.3, 0.4) is 0 Å². The number of aliphatic hydroxyl groups excluding tert-OH is 3. The molecule has 1 heterocycles. The molecule has 0 aromatic heterocycles. The van der Waals surface area contributed by atoms with Crippen LogP contribution in [-0.4, -0.2) is 64.9 Å². The molecule has 114 valence electrons. The summed E-state index contributed by atoms with van der Waals surface area (Å²) >= 11 is 0. The highest BCUT2D eigenvalue weighted by Crippen LogP contribution is 2.46. The van der Waals surface area contributed by atoms with Crippen molar-refractivity contribution in [2.45, 2.75) is 68.6 Å². The van der Waals surface area contributed by atoms with Gasteiger partial charge in [-0.2, -0.15) is 0 Å². The van der Waals surface area contributed by atoms with Crippen molar-refractivity contribution in [2.75, 3.05) is 6.61 Å². The third-order valence-corrected chi connectivity index (χ3v) is 9.85. The zero-order chi connectivity index (χ0) is 15.9. The van der Waals surface area contributed by atoms with Gasteiger partial charge in [0.25, 0.3) is 0 Å². The maximum absolute atomic E-state index is 11.0. The highest BCUT2D eigenvalue weighted by atomic mass is 28.3. The third-order valence-electron chi connectivity index (χ3n) is 4.51. The Morgan fingerprint density at radius 3 is 2.26 bits per heavy atom. The predicted molar refractivity (Wildman–Crippen MR) is 74.1 cm³/mol. The molecule has 0 spiro atoms. The van der Waals surface area contributed by atoms with Gasteiger partial charge in [-0.1, -0.05) is 33.8 Å². The van der Waals surface area contributed by atoms with Crippen LogP contribution in [0, 0.1) is 0 Å². The van der Waals surface area contributed by atoms with Crippen LogP contribution in [0.5, 0.6) is 0 Å². The molecule has 0 saturated carbocycles. The molecule has 2 unspecified atom stereocenters. The SMILES string of the molecule is [2H]C[Si](C)(C(C)(C)C)C1(O)O[C@H](CO)[C@@H](O)[C@H](O)[C@H]1N. The maximum Gasteiger partial charge on any atom is 0.166 e. The smallest absolute Gasteiger partial charge is 0.166 e. The van der Waals surface area contributed by atoms with E-state index in [0.29, 0.717) is 0 Å². The summed E-state index contributed by atoms with van der Waals surface area (Å²) in [6.07, 6.45) is -3.89. The van der Waals surface area contributed by atoms with E-state index in [0.717, 1.165) is 0 Å². The maximum atomic E-state index is 11.0. The minimum Gasteiger partial charge on any atom is -0.394 e. The highest BCUT2D eigenvalue weighted by Gasteiger charge is 2.62. The first-order valence-corrected chi connectivity index (χ1v) is 9.09. The second-order valence-electron chi connectivity index (χ2n) is 6.62. The van der Waals surface area contributed by atoms with E-state index in [1.165, 1.54) is 0 Å². The second-order valence-corrected chi connectivity index (χ2v) is 11.5. The molecule has 7 heteroatoms. The van der Waals surface area contributed by atoms with Crippen LogP contribution in [0.15, 0.2) is 0 Å². The molecule has 0 aromatic rings. The van der Waals surface area contributed by atoms with Crippen molar-refractivity contribution in [1.82, 2.24) is 0 Å². The Morgan fingerprint density at radius 1 is 1.37 bits per heavy atom. The van der Waals surface area contributed by atoms with Crippen molar-refractivity contribution in [1.29, 1.82) is 0 Å². The van der Waals surface area contributed by atoms with E-state index in [1.54, 1.807) is 6.55 Å². The van der Waals surface area contributed by atoms with Gasteiger partial charge >= 0.3 is 0 Å². The largest absolute Gasteiger partial charge is 0.394 e. The average molecular weight is 294 g/mol. The van der Waals surface area contributed by atoms with E-state index in [2.05, 4.69) is 0 Å². The van der Waals surface area contributed by atoms with Crippen LogP contribution in [0.1, 0.15) is 22.1 Å². The summed E-state index contributed by atoms with van der Waals surface area (Å²) in [6, 6.07) is -1.22. The van der Waals surface area contributed by atoms with Crippen LogP contribution in [0.25, 0.3) is 0 Å². The average Bonchev–Trinajstić information content (AvgIpc) is 2.38. The molecule has 1 rings (SSSR count). The van der Waals surface area contributed by atoms with Gasteiger partial charge in [-0.3, -0.25) is 0 Å². The van der Waals surface area contributed by atoms with E-state index in [1.807, 2.05) is 20.8 Å². The quantitative estimate of drug-likeness (QED) is 0.424. The van der Waals surface area contributed by atoms with Crippen LogP contribution in [0.2, 0.25) is 18.1 Å². The van der Waals surface area contributed by atoms with E-state index in [4.69, 9.17) is 11.8 Å². The van der Waals surface area contributed by atoms with Crippen LogP contribution in [-0.2, 0) is 4.74 Å². The fourth-order valence-corrected chi connectivity index (χ4v) is 4.62. The number of hydrogen-bond donors (Lipinski definition) is 5. The first-order chi connectivity index (χ1) is 8.96. The third kappa shape index (κ3) is 2.48. The Labute approximate surface area is 116 Å². The summed E-state index contributed by atoms with van der Waals surface area (Å²) < 4.78 is 13.4. The zero-order valence-electron chi connectivity index (χ0n) is 13.0. The molecule has 0 aromatic carbocycles. The molecule has 6 N–H and O–H groups in total. The van der Waals surface area contributed by atoms with E-state index in [9.17, 15) is 20.4 Å². The molecule has 19 heavy (non-hydrogen) atoms. The lowest BCUT2D eigenvalue weighted by atomic mass is 9.97. The Hall–Kier alpha value is -0.0231. The number of aliphatic hydroxyl groups is 4. The highest BCUT2D eigenvalue weighted by molar-refractivity contribution is 6.82. The molecule has 6 atom stereocenters. The molecule has 0 bridgehead atoms. The first kappa shape index (κ1) is 15.4. The number of rotatable bonds is 2. The first-order valence-electron chi connectivity index (χ1n) is 7.09. The zero-order valence-corrected chi connectivity index (χ0v) is 13.0. The topological polar surface area (TPSA) is 116 Å². The fraction of sp³-hybridized carbons (Fsp3) is 1.00. The summed E-state index contributed by atoms with van der Waals surface area (Å²) in [7, 11) is -2.85.